The summed E-state index contributed by atoms with van der Waals surface area (Å²) < 4.78 is 43.2. The van der Waals surface area contributed by atoms with Crippen LogP contribution in [0.25, 0.3) is 0 Å². The van der Waals surface area contributed by atoms with E-state index >= 15 is 0 Å². The van der Waals surface area contributed by atoms with Crippen molar-refractivity contribution in [2.75, 3.05) is 13.2 Å². The largest absolute Gasteiger partial charge is 1.00 e. The summed E-state index contributed by atoms with van der Waals surface area (Å²) in [4.78, 5) is 0. The Kier molecular flexibility index (Phi) is 8.74. The van der Waals surface area contributed by atoms with Gasteiger partial charge in [0.15, 0.2) is 0 Å². The average Bonchev–Trinajstić information content (AvgIpc) is 1.88. The zero-order chi connectivity index (χ0) is 8.91. The van der Waals surface area contributed by atoms with Gasteiger partial charge in [-0.3, -0.25) is 4.57 Å². The van der Waals surface area contributed by atoms with Crippen molar-refractivity contribution in [2.24, 2.45) is 0 Å². The minimum absolute atomic E-state index is 0. The van der Waals surface area contributed by atoms with E-state index in [4.69, 9.17) is 0 Å². The number of halogens is 2. The number of rotatable bonds is 5. The van der Waals surface area contributed by atoms with E-state index in [9.17, 15) is 13.3 Å². The molecule has 0 aliphatic carbocycles. The molecule has 0 rings (SSSR count). The molecule has 0 saturated carbocycles. The molecule has 0 amide bonds. The van der Waals surface area contributed by atoms with E-state index in [2.05, 4.69) is 9.05 Å². The van der Waals surface area contributed by atoms with Gasteiger partial charge in [0, 0.05) is 0 Å². The minimum atomic E-state index is -4.21. The van der Waals surface area contributed by atoms with Gasteiger partial charge in [0.1, 0.15) is 6.17 Å². The molecular formula is C5H10CuF2O3P. The van der Waals surface area contributed by atoms with E-state index in [1.807, 2.05) is 0 Å². The predicted molar refractivity (Wildman–Crippen MR) is 36.3 cm³/mol. The Bertz CT molecular complexity index is 146. The third-order valence-corrected chi connectivity index (χ3v) is 2.42. The molecule has 0 heterocycles. The Balaban J connectivity index is 0. The zero-order valence-corrected chi connectivity index (χ0v) is 8.48. The van der Waals surface area contributed by atoms with Crippen molar-refractivity contribution in [3.8, 4) is 0 Å². The topological polar surface area (TPSA) is 35.5 Å². The van der Waals surface area contributed by atoms with Gasteiger partial charge in [-0.05, 0) is 13.8 Å². The molecule has 0 N–H and O–H groups in total. The SMILES string of the molecule is CCOP(=O)(OCC)[C-](F)F.[Cu+]. The van der Waals surface area contributed by atoms with Crippen molar-refractivity contribution in [2.45, 2.75) is 13.8 Å². The summed E-state index contributed by atoms with van der Waals surface area (Å²) in [6.07, 6.45) is -2.29. The molecule has 0 aliphatic rings. The molecule has 12 heavy (non-hydrogen) atoms. The molecule has 0 saturated heterocycles. The first-order valence-electron chi connectivity index (χ1n) is 3.14. The Morgan fingerprint density at radius 1 is 1.25 bits per heavy atom. The molecule has 0 bridgehead atoms. The maximum atomic E-state index is 11.9. The van der Waals surface area contributed by atoms with Crippen LogP contribution >= 0.6 is 7.60 Å². The summed E-state index contributed by atoms with van der Waals surface area (Å²) in [6.45, 7) is 2.81. The fourth-order valence-corrected chi connectivity index (χ4v) is 1.42. The van der Waals surface area contributed by atoms with Gasteiger partial charge in [0.2, 0.25) is 7.60 Å². The van der Waals surface area contributed by atoms with E-state index in [1.54, 1.807) is 0 Å². The standard InChI is InChI=1S/C5H10F2O3P.Cu/c1-3-9-11(8,5(6)7)10-4-2;/h3-4H2,1-2H3;/q-1;+1. The van der Waals surface area contributed by atoms with Crippen molar-refractivity contribution < 1.29 is 39.5 Å². The van der Waals surface area contributed by atoms with Gasteiger partial charge >= 0.3 is 17.1 Å². The van der Waals surface area contributed by atoms with Gasteiger partial charge in [-0.1, -0.05) is 0 Å². The Hall–Kier alpha value is 0.529. The first kappa shape index (κ1) is 15.0. The van der Waals surface area contributed by atoms with Crippen LogP contribution in [0.15, 0.2) is 0 Å². The molecule has 0 fully saturated rings. The third kappa shape index (κ3) is 4.53. The van der Waals surface area contributed by atoms with E-state index in [1.165, 1.54) is 13.8 Å². The number of hydrogen-bond donors (Lipinski definition) is 0. The van der Waals surface area contributed by atoms with Crippen molar-refractivity contribution in [1.82, 2.24) is 0 Å². The molecule has 0 atom stereocenters. The molecule has 3 nitrogen and oxygen atoms in total. The molecular weight excluding hydrogens is 241 g/mol. The zero-order valence-electron chi connectivity index (χ0n) is 6.64. The van der Waals surface area contributed by atoms with E-state index in [0.29, 0.717) is 0 Å². The normalized spacial score (nSPS) is 11.4. The average molecular weight is 251 g/mol. The molecule has 7 heteroatoms. The van der Waals surface area contributed by atoms with Crippen molar-refractivity contribution >= 4 is 7.60 Å². The summed E-state index contributed by atoms with van der Waals surface area (Å²) in [5.41, 5.74) is 0. The summed E-state index contributed by atoms with van der Waals surface area (Å²) in [5.74, 6) is 0. The van der Waals surface area contributed by atoms with Gasteiger partial charge < -0.3 is 17.8 Å². The summed E-state index contributed by atoms with van der Waals surface area (Å²) in [7, 11) is -4.21. The maximum Gasteiger partial charge on any atom is 1.00 e. The van der Waals surface area contributed by atoms with Crippen molar-refractivity contribution in [3.63, 3.8) is 0 Å². The second-order valence-electron chi connectivity index (χ2n) is 1.57. The van der Waals surface area contributed by atoms with Gasteiger partial charge in [-0.25, -0.2) is 0 Å². The second-order valence-corrected chi connectivity index (χ2v) is 3.42. The second kappa shape index (κ2) is 6.98. The first-order valence-corrected chi connectivity index (χ1v) is 4.68. The maximum absolute atomic E-state index is 11.9. The molecule has 0 aromatic rings. The van der Waals surface area contributed by atoms with Crippen LogP contribution in [-0.4, -0.2) is 13.2 Å². The van der Waals surface area contributed by atoms with Gasteiger partial charge in [0.05, 0.1) is 13.2 Å². The van der Waals surface area contributed by atoms with E-state index in [0.717, 1.165) is 0 Å². The number of hydrogen-bond acceptors (Lipinski definition) is 3. The van der Waals surface area contributed by atoms with Crippen LogP contribution in [0, 0.1) is 6.17 Å². The summed E-state index contributed by atoms with van der Waals surface area (Å²) in [5, 5.41) is 0. The van der Waals surface area contributed by atoms with Crippen LogP contribution in [0.4, 0.5) is 8.78 Å². The molecule has 0 aliphatic heterocycles. The molecule has 0 aromatic carbocycles. The monoisotopic (exact) mass is 250 g/mol. The molecule has 0 radical (unpaired) electrons. The van der Waals surface area contributed by atoms with Crippen LogP contribution in [0.3, 0.4) is 0 Å². The van der Waals surface area contributed by atoms with Gasteiger partial charge in [-0.2, -0.15) is 0 Å². The Labute approximate surface area is 80.8 Å². The fraction of sp³-hybridized carbons (Fsp3) is 0.800. The summed E-state index contributed by atoms with van der Waals surface area (Å²) >= 11 is 0. The quantitative estimate of drug-likeness (QED) is 0.427. The third-order valence-electron chi connectivity index (χ3n) is 0.805. The molecule has 0 unspecified atom stereocenters. The van der Waals surface area contributed by atoms with Gasteiger partial charge in [0.25, 0.3) is 0 Å². The predicted octanol–water partition coefficient (Wildman–Crippen LogP) is 2.64. The van der Waals surface area contributed by atoms with Crippen LogP contribution in [-0.2, 0) is 30.7 Å². The van der Waals surface area contributed by atoms with E-state index in [-0.39, 0.29) is 30.3 Å². The smallest absolute Gasteiger partial charge is 0.408 e. The van der Waals surface area contributed by atoms with Crippen LogP contribution in [0.5, 0.6) is 0 Å². The van der Waals surface area contributed by atoms with Crippen LogP contribution in [0.1, 0.15) is 13.8 Å². The fourth-order valence-electron chi connectivity index (χ4n) is 0.475. The van der Waals surface area contributed by atoms with E-state index < -0.39 is 13.8 Å². The Morgan fingerprint density at radius 2 is 1.58 bits per heavy atom. The van der Waals surface area contributed by atoms with Crippen LogP contribution in [0.2, 0.25) is 0 Å². The summed E-state index contributed by atoms with van der Waals surface area (Å²) in [6, 6.07) is 0. The molecule has 0 aromatic heterocycles. The molecule has 0 spiro atoms. The van der Waals surface area contributed by atoms with Gasteiger partial charge in [-0.15, -0.1) is 0 Å². The minimum Gasteiger partial charge on any atom is -0.408 e. The van der Waals surface area contributed by atoms with Crippen molar-refractivity contribution in [3.05, 3.63) is 6.17 Å². The van der Waals surface area contributed by atoms with Crippen LogP contribution < -0.4 is 0 Å². The Morgan fingerprint density at radius 3 is 1.75 bits per heavy atom. The van der Waals surface area contributed by atoms with Crippen molar-refractivity contribution in [1.29, 1.82) is 0 Å². The first-order chi connectivity index (χ1) is 5.06. The molecule has 78 valence electrons.